The van der Waals surface area contributed by atoms with Gasteiger partial charge in [0.25, 0.3) is 0 Å². The molecule has 0 N–H and O–H groups in total. The second-order valence-electron chi connectivity index (χ2n) is 4.81. The highest BCUT2D eigenvalue weighted by Gasteiger charge is 2.36. The molecule has 20 heavy (non-hydrogen) atoms. The van der Waals surface area contributed by atoms with E-state index in [9.17, 15) is 4.79 Å². The summed E-state index contributed by atoms with van der Waals surface area (Å²) < 4.78 is 6.01. The Balaban J connectivity index is 2.07. The van der Waals surface area contributed by atoms with E-state index in [4.69, 9.17) is 16.3 Å². The van der Waals surface area contributed by atoms with Crippen LogP contribution in [0.4, 0.5) is 0 Å². The SMILES string of the molecule is Cc1cc2c(cc1Cl)C(=O)C(Br)C(c1ccccc1)O2. The second-order valence-corrected chi connectivity index (χ2v) is 6.21. The minimum absolute atomic E-state index is 0.00185. The van der Waals surface area contributed by atoms with Crippen molar-refractivity contribution in [3.63, 3.8) is 0 Å². The molecule has 0 spiro atoms. The van der Waals surface area contributed by atoms with Crippen LogP contribution in [0.1, 0.15) is 27.6 Å². The molecule has 0 radical (unpaired) electrons. The van der Waals surface area contributed by atoms with Gasteiger partial charge in [0.2, 0.25) is 0 Å². The Morgan fingerprint density at radius 1 is 1.20 bits per heavy atom. The molecule has 1 aliphatic heterocycles. The number of fused-ring (bicyclic) bond motifs is 1. The van der Waals surface area contributed by atoms with Gasteiger partial charge in [-0.2, -0.15) is 0 Å². The van der Waals surface area contributed by atoms with E-state index < -0.39 is 4.83 Å². The number of halogens is 2. The largest absolute Gasteiger partial charge is 0.483 e. The highest BCUT2D eigenvalue weighted by atomic mass is 79.9. The Labute approximate surface area is 130 Å². The molecule has 102 valence electrons. The summed E-state index contributed by atoms with van der Waals surface area (Å²) in [6.45, 7) is 1.90. The first-order chi connectivity index (χ1) is 9.58. The van der Waals surface area contributed by atoms with Crippen LogP contribution in [-0.4, -0.2) is 10.6 Å². The highest BCUT2D eigenvalue weighted by Crippen LogP contribution is 2.40. The third-order valence-electron chi connectivity index (χ3n) is 3.42. The van der Waals surface area contributed by atoms with E-state index in [1.165, 1.54) is 0 Å². The van der Waals surface area contributed by atoms with Crippen LogP contribution in [0.25, 0.3) is 0 Å². The van der Waals surface area contributed by atoms with E-state index in [-0.39, 0.29) is 11.9 Å². The molecule has 2 unspecified atom stereocenters. The van der Waals surface area contributed by atoms with Crippen LogP contribution in [0.15, 0.2) is 42.5 Å². The van der Waals surface area contributed by atoms with Gasteiger partial charge in [0.15, 0.2) is 5.78 Å². The number of hydrogen-bond acceptors (Lipinski definition) is 2. The molecule has 0 bridgehead atoms. The lowest BCUT2D eigenvalue weighted by Gasteiger charge is -2.30. The molecule has 0 saturated heterocycles. The third-order valence-corrected chi connectivity index (χ3v) is 4.73. The number of aryl methyl sites for hydroxylation is 1. The number of benzene rings is 2. The van der Waals surface area contributed by atoms with Crippen LogP contribution < -0.4 is 4.74 Å². The van der Waals surface area contributed by atoms with Crippen molar-refractivity contribution in [1.82, 2.24) is 0 Å². The van der Waals surface area contributed by atoms with Gasteiger partial charge in [-0.25, -0.2) is 0 Å². The summed E-state index contributed by atoms with van der Waals surface area (Å²) in [5.41, 5.74) is 2.41. The van der Waals surface area contributed by atoms with Crippen molar-refractivity contribution in [2.45, 2.75) is 17.9 Å². The van der Waals surface area contributed by atoms with E-state index in [0.717, 1.165) is 11.1 Å². The number of Topliss-reactive ketones (excluding diaryl/α,β-unsaturated/α-hetero) is 1. The molecule has 0 fully saturated rings. The number of hydrogen-bond donors (Lipinski definition) is 0. The van der Waals surface area contributed by atoms with Crippen molar-refractivity contribution in [1.29, 1.82) is 0 Å². The van der Waals surface area contributed by atoms with Gasteiger partial charge < -0.3 is 4.74 Å². The summed E-state index contributed by atoms with van der Waals surface area (Å²) in [5.74, 6) is 0.600. The normalized spacial score (nSPS) is 21.2. The molecule has 0 saturated carbocycles. The zero-order chi connectivity index (χ0) is 14.3. The van der Waals surface area contributed by atoms with E-state index in [0.29, 0.717) is 16.3 Å². The smallest absolute Gasteiger partial charge is 0.184 e. The van der Waals surface area contributed by atoms with Crippen LogP contribution in [0.2, 0.25) is 5.02 Å². The topological polar surface area (TPSA) is 26.3 Å². The zero-order valence-electron chi connectivity index (χ0n) is 10.8. The minimum atomic E-state index is -0.406. The monoisotopic (exact) mass is 350 g/mol. The number of rotatable bonds is 1. The number of ketones is 1. The number of alkyl halides is 1. The molecule has 0 aromatic heterocycles. The first-order valence-electron chi connectivity index (χ1n) is 6.28. The molecular formula is C16H12BrClO2. The Morgan fingerprint density at radius 2 is 1.90 bits per heavy atom. The fraction of sp³-hybridized carbons (Fsp3) is 0.188. The molecule has 2 aromatic carbocycles. The molecule has 1 aliphatic rings. The van der Waals surface area contributed by atoms with E-state index in [1.54, 1.807) is 6.07 Å². The molecule has 2 nitrogen and oxygen atoms in total. The van der Waals surface area contributed by atoms with Gasteiger partial charge in [0.05, 0.1) is 5.56 Å². The quantitative estimate of drug-likeness (QED) is 0.694. The van der Waals surface area contributed by atoms with Gasteiger partial charge >= 0.3 is 0 Å². The van der Waals surface area contributed by atoms with Crippen molar-refractivity contribution in [2.24, 2.45) is 0 Å². The van der Waals surface area contributed by atoms with Crippen molar-refractivity contribution >= 4 is 33.3 Å². The maximum absolute atomic E-state index is 12.5. The Morgan fingerprint density at radius 3 is 2.60 bits per heavy atom. The number of carbonyl (C=O) groups is 1. The summed E-state index contributed by atoms with van der Waals surface area (Å²) in [7, 11) is 0. The van der Waals surface area contributed by atoms with Crippen LogP contribution in [0.5, 0.6) is 5.75 Å². The van der Waals surface area contributed by atoms with Crippen molar-refractivity contribution in [2.75, 3.05) is 0 Å². The lowest BCUT2D eigenvalue weighted by Crippen LogP contribution is -2.32. The Kier molecular flexibility index (Phi) is 3.57. The van der Waals surface area contributed by atoms with Gasteiger partial charge in [-0.15, -0.1) is 0 Å². The molecule has 1 heterocycles. The lowest BCUT2D eigenvalue weighted by atomic mass is 9.95. The predicted octanol–water partition coefficient (Wildman–Crippen LogP) is 4.73. The third kappa shape index (κ3) is 2.25. The van der Waals surface area contributed by atoms with Crippen molar-refractivity contribution < 1.29 is 9.53 Å². The fourth-order valence-electron chi connectivity index (χ4n) is 2.31. The van der Waals surface area contributed by atoms with Crippen LogP contribution in [0.3, 0.4) is 0 Å². The molecule has 2 atom stereocenters. The molecular weight excluding hydrogens is 340 g/mol. The van der Waals surface area contributed by atoms with Gasteiger partial charge in [-0.05, 0) is 30.2 Å². The summed E-state index contributed by atoms with van der Waals surface area (Å²) in [6, 6.07) is 13.2. The fourth-order valence-corrected chi connectivity index (χ4v) is 3.13. The first kappa shape index (κ1) is 13.7. The number of carbonyl (C=O) groups excluding carboxylic acids is 1. The zero-order valence-corrected chi connectivity index (χ0v) is 13.1. The van der Waals surface area contributed by atoms with Crippen LogP contribution in [-0.2, 0) is 0 Å². The average molecular weight is 352 g/mol. The predicted molar refractivity (Wildman–Crippen MR) is 83.0 cm³/mol. The minimum Gasteiger partial charge on any atom is -0.483 e. The maximum Gasteiger partial charge on any atom is 0.184 e. The van der Waals surface area contributed by atoms with Crippen molar-refractivity contribution in [3.8, 4) is 5.75 Å². The highest BCUT2D eigenvalue weighted by molar-refractivity contribution is 9.10. The molecule has 0 amide bonds. The Hall–Kier alpha value is -1.32. The summed E-state index contributed by atoms with van der Waals surface area (Å²) >= 11 is 9.54. The van der Waals surface area contributed by atoms with Crippen molar-refractivity contribution in [3.05, 3.63) is 64.2 Å². The van der Waals surface area contributed by atoms with Gasteiger partial charge in [0.1, 0.15) is 16.7 Å². The summed E-state index contributed by atoms with van der Waals surface area (Å²) in [4.78, 5) is 12.1. The first-order valence-corrected chi connectivity index (χ1v) is 7.57. The molecule has 4 heteroatoms. The molecule has 2 aromatic rings. The van der Waals surface area contributed by atoms with E-state index in [2.05, 4.69) is 15.9 Å². The lowest BCUT2D eigenvalue weighted by molar-refractivity contribution is 0.0872. The Bertz CT molecular complexity index is 670. The number of ether oxygens (including phenoxy) is 1. The summed E-state index contributed by atoms with van der Waals surface area (Å²) in [6.07, 6.45) is -0.322. The molecule has 3 rings (SSSR count). The standard InChI is InChI=1S/C16H12BrClO2/c1-9-7-13-11(8-12(9)18)15(19)14(17)16(20-13)10-5-3-2-4-6-10/h2-8,14,16H,1H3. The van der Waals surface area contributed by atoms with Gasteiger partial charge in [-0.1, -0.05) is 57.9 Å². The summed E-state index contributed by atoms with van der Waals surface area (Å²) in [5, 5.41) is 0.582. The molecule has 0 aliphatic carbocycles. The van der Waals surface area contributed by atoms with Gasteiger partial charge in [-0.3, -0.25) is 4.79 Å². The maximum atomic E-state index is 12.5. The second kappa shape index (κ2) is 5.23. The van der Waals surface area contributed by atoms with Crippen LogP contribution in [0, 0.1) is 6.92 Å². The average Bonchev–Trinajstić information content (AvgIpc) is 2.46. The van der Waals surface area contributed by atoms with Crippen LogP contribution >= 0.6 is 27.5 Å². The van der Waals surface area contributed by atoms with Gasteiger partial charge in [0, 0.05) is 5.02 Å². The van der Waals surface area contributed by atoms with E-state index in [1.807, 2.05) is 43.3 Å². The van der Waals surface area contributed by atoms with E-state index >= 15 is 0 Å².